The Balaban J connectivity index is 3.27. The summed E-state index contributed by atoms with van der Waals surface area (Å²) in [6.45, 7) is 3.87. The normalized spacial score (nSPS) is 17.2. The van der Waals surface area contributed by atoms with E-state index in [1.807, 2.05) is 0 Å². The molecule has 1 N–H and O–H groups in total. The lowest BCUT2D eigenvalue weighted by Crippen LogP contribution is -2.08. The minimum atomic E-state index is -1.61. The molecule has 0 aliphatic carbocycles. The minimum Gasteiger partial charge on any atom is -0.306 e. The van der Waals surface area contributed by atoms with Crippen molar-refractivity contribution >= 4 is 11.1 Å². The van der Waals surface area contributed by atoms with Crippen LogP contribution in [0.15, 0.2) is 0 Å². The summed E-state index contributed by atoms with van der Waals surface area (Å²) in [4.78, 5) is 0. The van der Waals surface area contributed by atoms with Gasteiger partial charge in [-0.2, -0.15) is 0 Å². The van der Waals surface area contributed by atoms with E-state index in [-0.39, 0.29) is 5.25 Å². The predicted molar refractivity (Wildman–Crippen MR) is 39.8 cm³/mol. The Bertz CT molecular complexity index is 93.1. The largest absolute Gasteiger partial charge is 0.306 e. The minimum absolute atomic E-state index is 0.0510. The molecular formula is C6H14O2S. The number of rotatable bonds is 4. The zero-order valence-corrected chi connectivity index (χ0v) is 6.78. The van der Waals surface area contributed by atoms with Crippen molar-refractivity contribution in [3.8, 4) is 0 Å². The van der Waals surface area contributed by atoms with Gasteiger partial charge in [-0.25, -0.2) is 4.21 Å². The van der Waals surface area contributed by atoms with Crippen LogP contribution in [0.2, 0.25) is 0 Å². The maximum absolute atomic E-state index is 10.3. The van der Waals surface area contributed by atoms with E-state index in [0.29, 0.717) is 0 Å². The second-order valence-electron chi connectivity index (χ2n) is 2.23. The van der Waals surface area contributed by atoms with Crippen LogP contribution in [0.25, 0.3) is 0 Å². The molecule has 0 saturated heterocycles. The second kappa shape index (κ2) is 4.94. The highest BCUT2D eigenvalue weighted by molar-refractivity contribution is 7.79. The Labute approximate surface area is 58.9 Å². The third-order valence-electron chi connectivity index (χ3n) is 1.31. The number of unbranched alkanes of at least 4 members (excludes halogenated alkanes) is 1. The molecule has 0 aromatic heterocycles. The number of hydrogen-bond donors (Lipinski definition) is 1. The van der Waals surface area contributed by atoms with E-state index in [1.165, 1.54) is 0 Å². The van der Waals surface area contributed by atoms with E-state index in [4.69, 9.17) is 4.55 Å². The molecular weight excluding hydrogens is 136 g/mol. The van der Waals surface area contributed by atoms with Crippen LogP contribution < -0.4 is 0 Å². The van der Waals surface area contributed by atoms with Crippen molar-refractivity contribution in [3.05, 3.63) is 0 Å². The van der Waals surface area contributed by atoms with E-state index in [0.717, 1.165) is 19.3 Å². The maximum Gasteiger partial charge on any atom is 0.155 e. The molecule has 0 rings (SSSR count). The van der Waals surface area contributed by atoms with Crippen molar-refractivity contribution in [2.75, 3.05) is 0 Å². The lowest BCUT2D eigenvalue weighted by Gasteiger charge is -2.03. The summed E-state index contributed by atoms with van der Waals surface area (Å²) in [7, 11) is 0. The van der Waals surface area contributed by atoms with Gasteiger partial charge in [0.25, 0.3) is 0 Å². The highest BCUT2D eigenvalue weighted by atomic mass is 32.2. The van der Waals surface area contributed by atoms with Gasteiger partial charge in [-0.15, -0.1) is 0 Å². The molecule has 0 heterocycles. The van der Waals surface area contributed by atoms with E-state index < -0.39 is 11.1 Å². The van der Waals surface area contributed by atoms with Crippen molar-refractivity contribution in [1.82, 2.24) is 0 Å². The van der Waals surface area contributed by atoms with Gasteiger partial charge in [0.15, 0.2) is 11.1 Å². The van der Waals surface area contributed by atoms with Crippen LogP contribution in [0.5, 0.6) is 0 Å². The fourth-order valence-electron chi connectivity index (χ4n) is 0.592. The van der Waals surface area contributed by atoms with Crippen LogP contribution in [0, 0.1) is 0 Å². The SMILES string of the molecule is CCCCC(C)S(=O)O. The average molecular weight is 150 g/mol. The molecule has 2 atom stereocenters. The van der Waals surface area contributed by atoms with Gasteiger partial charge in [-0.3, -0.25) is 0 Å². The first-order valence-corrected chi connectivity index (χ1v) is 4.45. The molecule has 3 heteroatoms. The van der Waals surface area contributed by atoms with Crippen molar-refractivity contribution in [1.29, 1.82) is 0 Å². The molecule has 2 unspecified atom stereocenters. The summed E-state index contributed by atoms with van der Waals surface area (Å²) < 4.78 is 18.8. The standard InChI is InChI=1S/C6H14O2S/c1-3-4-5-6(2)9(7)8/h6H,3-5H2,1-2H3,(H,7,8). The van der Waals surface area contributed by atoms with E-state index in [9.17, 15) is 4.21 Å². The summed E-state index contributed by atoms with van der Waals surface area (Å²) >= 11 is -1.61. The molecule has 9 heavy (non-hydrogen) atoms. The molecule has 0 spiro atoms. The molecule has 0 aliphatic heterocycles. The van der Waals surface area contributed by atoms with Crippen LogP contribution in [-0.2, 0) is 11.1 Å². The Morgan fingerprint density at radius 3 is 2.56 bits per heavy atom. The monoisotopic (exact) mass is 150 g/mol. The maximum atomic E-state index is 10.3. The molecule has 0 radical (unpaired) electrons. The molecule has 0 amide bonds. The van der Waals surface area contributed by atoms with Crippen LogP contribution in [0.1, 0.15) is 33.1 Å². The summed E-state index contributed by atoms with van der Waals surface area (Å²) in [6.07, 6.45) is 3.01. The third-order valence-corrected chi connectivity index (χ3v) is 2.23. The van der Waals surface area contributed by atoms with Crippen molar-refractivity contribution in [3.63, 3.8) is 0 Å². The third kappa shape index (κ3) is 4.60. The topological polar surface area (TPSA) is 37.3 Å². The summed E-state index contributed by atoms with van der Waals surface area (Å²) in [5.74, 6) is 0. The molecule has 0 aromatic rings. The van der Waals surface area contributed by atoms with E-state index >= 15 is 0 Å². The molecule has 0 aromatic carbocycles. The van der Waals surface area contributed by atoms with Crippen LogP contribution >= 0.6 is 0 Å². The van der Waals surface area contributed by atoms with Crippen molar-refractivity contribution < 1.29 is 8.76 Å². The average Bonchev–Trinajstić information content (AvgIpc) is 1.82. The molecule has 56 valence electrons. The van der Waals surface area contributed by atoms with Gasteiger partial charge < -0.3 is 4.55 Å². The Morgan fingerprint density at radius 1 is 1.67 bits per heavy atom. The molecule has 0 fully saturated rings. The van der Waals surface area contributed by atoms with Crippen molar-refractivity contribution in [2.24, 2.45) is 0 Å². The first-order chi connectivity index (χ1) is 4.18. The summed E-state index contributed by atoms with van der Waals surface area (Å²) in [5, 5.41) is -0.0510. The predicted octanol–water partition coefficient (Wildman–Crippen LogP) is 1.79. The first kappa shape index (κ1) is 9.11. The lowest BCUT2D eigenvalue weighted by atomic mass is 10.2. The van der Waals surface area contributed by atoms with E-state index in [2.05, 4.69) is 6.92 Å². The quantitative estimate of drug-likeness (QED) is 0.620. The lowest BCUT2D eigenvalue weighted by molar-refractivity contribution is 0.541. The van der Waals surface area contributed by atoms with Gasteiger partial charge in [0.05, 0.1) is 5.25 Å². The highest BCUT2D eigenvalue weighted by Crippen LogP contribution is 2.03. The van der Waals surface area contributed by atoms with Gasteiger partial charge in [-0.1, -0.05) is 19.8 Å². The van der Waals surface area contributed by atoms with Gasteiger partial charge in [-0.05, 0) is 13.3 Å². The molecule has 0 bridgehead atoms. The van der Waals surface area contributed by atoms with Crippen LogP contribution in [-0.4, -0.2) is 14.0 Å². The summed E-state index contributed by atoms with van der Waals surface area (Å²) in [5.41, 5.74) is 0. The first-order valence-electron chi connectivity index (χ1n) is 3.28. The highest BCUT2D eigenvalue weighted by Gasteiger charge is 2.05. The molecule has 0 aliphatic rings. The van der Waals surface area contributed by atoms with Gasteiger partial charge in [0, 0.05) is 0 Å². The fraction of sp³-hybridized carbons (Fsp3) is 1.00. The zero-order valence-electron chi connectivity index (χ0n) is 5.96. The smallest absolute Gasteiger partial charge is 0.155 e. The van der Waals surface area contributed by atoms with Crippen molar-refractivity contribution in [2.45, 2.75) is 38.4 Å². The van der Waals surface area contributed by atoms with Gasteiger partial charge >= 0.3 is 0 Å². The molecule has 0 saturated carbocycles. The van der Waals surface area contributed by atoms with Gasteiger partial charge in [0.1, 0.15) is 0 Å². The Kier molecular flexibility index (Phi) is 5.00. The van der Waals surface area contributed by atoms with Gasteiger partial charge in [0.2, 0.25) is 0 Å². The Hall–Kier alpha value is 0.110. The fourth-order valence-corrected chi connectivity index (χ4v) is 0.961. The number of hydrogen-bond acceptors (Lipinski definition) is 1. The van der Waals surface area contributed by atoms with E-state index in [1.54, 1.807) is 6.92 Å². The zero-order chi connectivity index (χ0) is 7.28. The molecule has 2 nitrogen and oxygen atoms in total. The van der Waals surface area contributed by atoms with Crippen LogP contribution in [0.4, 0.5) is 0 Å². The summed E-state index contributed by atoms with van der Waals surface area (Å²) in [6, 6.07) is 0. The van der Waals surface area contributed by atoms with Crippen LogP contribution in [0.3, 0.4) is 0 Å². The Morgan fingerprint density at radius 2 is 2.22 bits per heavy atom. The second-order valence-corrected chi connectivity index (χ2v) is 3.59.